The van der Waals surface area contributed by atoms with Crippen molar-refractivity contribution in [1.82, 2.24) is 4.90 Å². The third-order valence-electron chi connectivity index (χ3n) is 3.50. The minimum absolute atomic E-state index is 0. The van der Waals surface area contributed by atoms with E-state index >= 15 is 0 Å². The van der Waals surface area contributed by atoms with E-state index in [2.05, 4.69) is 0 Å². The summed E-state index contributed by atoms with van der Waals surface area (Å²) < 4.78 is 5.30. The van der Waals surface area contributed by atoms with E-state index < -0.39 is 0 Å². The van der Waals surface area contributed by atoms with E-state index in [0.717, 1.165) is 37.1 Å². The predicted octanol–water partition coefficient (Wildman–Crippen LogP) is 1.82. The molecular weight excluding hydrogens is 264 g/mol. The van der Waals surface area contributed by atoms with Crippen LogP contribution < -0.4 is 5.73 Å². The number of piperidine rings is 1. The minimum atomic E-state index is 0. The highest BCUT2D eigenvalue weighted by molar-refractivity contribution is 5.94. The zero-order valence-electron chi connectivity index (χ0n) is 11.2. The number of carbonyl (C=O) groups is 1. The van der Waals surface area contributed by atoms with Gasteiger partial charge in [0.1, 0.15) is 0 Å². The standard InChI is InChI=1S/C14H20N2O2.ClH/c1-18-13-6-8-16(9-7-13)14(17)12-4-2-11(10-15)3-5-12;/h2-5,13H,6-10,15H2,1H3;1H. The molecule has 0 radical (unpaired) electrons. The van der Waals surface area contributed by atoms with Crippen LogP contribution in [0, 0.1) is 0 Å². The third-order valence-corrected chi connectivity index (χ3v) is 3.50. The monoisotopic (exact) mass is 284 g/mol. The zero-order valence-corrected chi connectivity index (χ0v) is 12.0. The van der Waals surface area contributed by atoms with Crippen LogP contribution in [0.3, 0.4) is 0 Å². The van der Waals surface area contributed by atoms with Crippen molar-refractivity contribution in [1.29, 1.82) is 0 Å². The topological polar surface area (TPSA) is 55.6 Å². The van der Waals surface area contributed by atoms with Crippen LogP contribution >= 0.6 is 12.4 Å². The maximum atomic E-state index is 12.2. The van der Waals surface area contributed by atoms with Gasteiger partial charge in [0.2, 0.25) is 0 Å². The molecule has 1 amide bonds. The second-order valence-corrected chi connectivity index (χ2v) is 4.63. The van der Waals surface area contributed by atoms with E-state index in [1.165, 1.54) is 0 Å². The molecule has 0 aromatic heterocycles. The average molecular weight is 285 g/mol. The molecule has 19 heavy (non-hydrogen) atoms. The molecular formula is C14H21ClN2O2. The van der Waals surface area contributed by atoms with Crippen molar-refractivity contribution >= 4 is 18.3 Å². The lowest BCUT2D eigenvalue weighted by molar-refractivity contribution is 0.0351. The average Bonchev–Trinajstić information content (AvgIpc) is 2.47. The largest absolute Gasteiger partial charge is 0.381 e. The lowest BCUT2D eigenvalue weighted by Crippen LogP contribution is -2.40. The number of benzene rings is 1. The van der Waals surface area contributed by atoms with Crippen molar-refractivity contribution < 1.29 is 9.53 Å². The number of methoxy groups -OCH3 is 1. The molecule has 1 heterocycles. The summed E-state index contributed by atoms with van der Waals surface area (Å²) in [6.45, 7) is 2.06. The number of nitrogens with zero attached hydrogens (tertiary/aromatic N) is 1. The molecule has 0 aliphatic carbocycles. The zero-order chi connectivity index (χ0) is 13.0. The van der Waals surface area contributed by atoms with Gasteiger partial charge in [-0.15, -0.1) is 12.4 Å². The van der Waals surface area contributed by atoms with E-state index in [9.17, 15) is 4.79 Å². The van der Waals surface area contributed by atoms with Gasteiger partial charge in [-0.2, -0.15) is 0 Å². The molecule has 0 unspecified atom stereocenters. The van der Waals surface area contributed by atoms with Gasteiger partial charge in [0.05, 0.1) is 6.10 Å². The molecule has 2 N–H and O–H groups in total. The van der Waals surface area contributed by atoms with E-state index in [4.69, 9.17) is 10.5 Å². The lowest BCUT2D eigenvalue weighted by atomic mass is 10.1. The van der Waals surface area contributed by atoms with Crippen LogP contribution in [0.1, 0.15) is 28.8 Å². The van der Waals surface area contributed by atoms with Gasteiger partial charge in [0, 0.05) is 32.3 Å². The Morgan fingerprint density at radius 3 is 2.37 bits per heavy atom. The normalized spacial score (nSPS) is 16.0. The van der Waals surface area contributed by atoms with Gasteiger partial charge < -0.3 is 15.4 Å². The summed E-state index contributed by atoms with van der Waals surface area (Å²) in [7, 11) is 1.73. The van der Waals surface area contributed by atoms with E-state index in [-0.39, 0.29) is 18.3 Å². The Labute approximate surface area is 120 Å². The van der Waals surface area contributed by atoms with Crippen LogP contribution in [-0.2, 0) is 11.3 Å². The molecule has 1 aliphatic rings. The molecule has 0 bridgehead atoms. The van der Waals surface area contributed by atoms with Crippen molar-refractivity contribution in [2.24, 2.45) is 5.73 Å². The molecule has 2 rings (SSSR count). The number of amides is 1. The summed E-state index contributed by atoms with van der Waals surface area (Å²) in [5.41, 5.74) is 7.33. The summed E-state index contributed by atoms with van der Waals surface area (Å²) in [6.07, 6.45) is 2.14. The van der Waals surface area contributed by atoms with Gasteiger partial charge in [-0.25, -0.2) is 0 Å². The fourth-order valence-electron chi connectivity index (χ4n) is 2.26. The fraction of sp³-hybridized carbons (Fsp3) is 0.500. The molecule has 4 nitrogen and oxygen atoms in total. The summed E-state index contributed by atoms with van der Waals surface area (Å²) in [4.78, 5) is 14.1. The maximum absolute atomic E-state index is 12.2. The number of ether oxygens (including phenoxy) is 1. The molecule has 1 saturated heterocycles. The van der Waals surface area contributed by atoms with Gasteiger partial charge in [-0.3, -0.25) is 4.79 Å². The van der Waals surface area contributed by atoms with Crippen LogP contribution in [0.15, 0.2) is 24.3 Å². The smallest absolute Gasteiger partial charge is 0.253 e. The van der Waals surface area contributed by atoms with Crippen molar-refractivity contribution in [2.45, 2.75) is 25.5 Å². The van der Waals surface area contributed by atoms with Gasteiger partial charge >= 0.3 is 0 Å². The lowest BCUT2D eigenvalue weighted by Gasteiger charge is -2.31. The summed E-state index contributed by atoms with van der Waals surface area (Å²) >= 11 is 0. The van der Waals surface area contributed by atoms with E-state index in [0.29, 0.717) is 12.6 Å². The Morgan fingerprint density at radius 1 is 1.32 bits per heavy atom. The van der Waals surface area contributed by atoms with Crippen LogP contribution in [0.4, 0.5) is 0 Å². The quantitative estimate of drug-likeness (QED) is 0.921. The molecule has 1 fully saturated rings. The second kappa shape index (κ2) is 7.48. The fourth-order valence-corrected chi connectivity index (χ4v) is 2.26. The highest BCUT2D eigenvalue weighted by atomic mass is 35.5. The number of likely N-dealkylation sites (tertiary alicyclic amines) is 1. The van der Waals surface area contributed by atoms with E-state index in [1.807, 2.05) is 29.2 Å². The van der Waals surface area contributed by atoms with Gasteiger partial charge in [-0.05, 0) is 30.5 Å². The van der Waals surface area contributed by atoms with E-state index in [1.54, 1.807) is 7.11 Å². The predicted molar refractivity (Wildman–Crippen MR) is 77.5 cm³/mol. The summed E-state index contributed by atoms with van der Waals surface area (Å²) in [5, 5.41) is 0. The van der Waals surface area contributed by atoms with Crippen molar-refractivity contribution in [3.63, 3.8) is 0 Å². The molecule has 1 aromatic carbocycles. The number of halogens is 1. The van der Waals surface area contributed by atoms with Crippen LogP contribution in [-0.4, -0.2) is 37.1 Å². The Bertz CT molecular complexity index is 400. The van der Waals surface area contributed by atoms with Crippen LogP contribution in [0.5, 0.6) is 0 Å². The Balaban J connectivity index is 0.00000180. The van der Waals surface area contributed by atoms with Gasteiger partial charge in [0.15, 0.2) is 0 Å². The van der Waals surface area contributed by atoms with Gasteiger partial charge in [0.25, 0.3) is 5.91 Å². The number of nitrogens with two attached hydrogens (primary N) is 1. The molecule has 1 aliphatic heterocycles. The van der Waals surface area contributed by atoms with Crippen molar-refractivity contribution in [3.05, 3.63) is 35.4 Å². The highest BCUT2D eigenvalue weighted by Crippen LogP contribution is 2.16. The Hall–Kier alpha value is -1.10. The first-order valence-electron chi connectivity index (χ1n) is 6.35. The minimum Gasteiger partial charge on any atom is -0.381 e. The molecule has 5 heteroatoms. The van der Waals surface area contributed by atoms with Gasteiger partial charge in [-0.1, -0.05) is 12.1 Å². The second-order valence-electron chi connectivity index (χ2n) is 4.63. The number of hydrogen-bond acceptors (Lipinski definition) is 3. The summed E-state index contributed by atoms with van der Waals surface area (Å²) in [5.74, 6) is 0.105. The van der Waals surface area contributed by atoms with Crippen molar-refractivity contribution in [2.75, 3.05) is 20.2 Å². The summed E-state index contributed by atoms with van der Waals surface area (Å²) in [6, 6.07) is 7.53. The number of rotatable bonds is 3. The third kappa shape index (κ3) is 3.93. The molecule has 0 atom stereocenters. The highest BCUT2D eigenvalue weighted by Gasteiger charge is 2.23. The molecule has 1 aromatic rings. The molecule has 0 saturated carbocycles. The van der Waals surface area contributed by atoms with Crippen LogP contribution in [0.25, 0.3) is 0 Å². The maximum Gasteiger partial charge on any atom is 0.253 e. The Kier molecular flexibility index (Phi) is 6.28. The first-order chi connectivity index (χ1) is 8.74. The first kappa shape index (κ1) is 16.0. The van der Waals surface area contributed by atoms with Crippen LogP contribution in [0.2, 0.25) is 0 Å². The first-order valence-corrected chi connectivity index (χ1v) is 6.35. The van der Waals surface area contributed by atoms with Crippen molar-refractivity contribution in [3.8, 4) is 0 Å². The number of hydrogen-bond donors (Lipinski definition) is 1. The SMILES string of the molecule is COC1CCN(C(=O)c2ccc(CN)cc2)CC1.Cl. The Morgan fingerprint density at radius 2 is 1.89 bits per heavy atom. The molecule has 0 spiro atoms. The molecule has 106 valence electrons. The number of carbonyl (C=O) groups excluding carboxylic acids is 1.